The van der Waals surface area contributed by atoms with Gasteiger partial charge in [-0.15, -0.1) is 0 Å². The topological polar surface area (TPSA) is 66.5 Å². The van der Waals surface area contributed by atoms with Crippen LogP contribution in [-0.2, 0) is 21.2 Å². The molecule has 0 aliphatic rings. The van der Waals surface area contributed by atoms with Crippen LogP contribution in [0.5, 0.6) is 0 Å². The van der Waals surface area contributed by atoms with E-state index in [2.05, 4.69) is 28.2 Å². The van der Waals surface area contributed by atoms with E-state index in [1.807, 2.05) is 31.2 Å². The van der Waals surface area contributed by atoms with Crippen molar-refractivity contribution in [3.8, 4) is 0 Å². The van der Waals surface area contributed by atoms with Crippen molar-refractivity contribution in [2.75, 3.05) is 10.8 Å². The van der Waals surface area contributed by atoms with Crippen molar-refractivity contribution in [1.29, 1.82) is 0 Å². The lowest BCUT2D eigenvalue weighted by Crippen LogP contribution is -2.41. The molecule has 0 radical (unpaired) electrons. The van der Waals surface area contributed by atoms with Gasteiger partial charge in [-0.3, -0.25) is 9.10 Å². The van der Waals surface area contributed by atoms with E-state index in [1.165, 1.54) is 17.7 Å². The number of anilines is 1. The second-order valence-corrected chi connectivity index (χ2v) is 9.97. The SMILES string of the molecule is CCc1ccc(C(C)NC(=O)CN(c2cccc(Br)c2)S(=O)(=O)c2ccccc2)cc1. The molecule has 0 saturated carbocycles. The van der Waals surface area contributed by atoms with Crippen LogP contribution in [-0.4, -0.2) is 20.9 Å². The first kappa shape index (κ1) is 23.0. The molecule has 1 N–H and O–H groups in total. The first-order valence-electron chi connectivity index (χ1n) is 10.0. The van der Waals surface area contributed by atoms with Crippen molar-refractivity contribution in [3.05, 3.63) is 94.5 Å². The summed E-state index contributed by atoms with van der Waals surface area (Å²) in [5, 5.41) is 2.92. The lowest BCUT2D eigenvalue weighted by molar-refractivity contribution is -0.120. The second-order valence-electron chi connectivity index (χ2n) is 7.19. The Morgan fingerprint density at radius 3 is 2.29 bits per heavy atom. The van der Waals surface area contributed by atoms with Crippen LogP contribution >= 0.6 is 15.9 Å². The molecule has 0 aliphatic carbocycles. The van der Waals surface area contributed by atoms with Gasteiger partial charge in [0.25, 0.3) is 10.0 Å². The van der Waals surface area contributed by atoms with Crippen molar-refractivity contribution in [2.24, 2.45) is 0 Å². The zero-order valence-electron chi connectivity index (χ0n) is 17.5. The molecule has 7 heteroatoms. The Morgan fingerprint density at radius 2 is 1.68 bits per heavy atom. The molecule has 1 atom stereocenters. The number of amides is 1. The quantitative estimate of drug-likeness (QED) is 0.468. The minimum absolute atomic E-state index is 0.131. The van der Waals surface area contributed by atoms with Crippen LogP contribution in [0.2, 0.25) is 0 Å². The molecule has 0 heterocycles. The Hall–Kier alpha value is -2.64. The van der Waals surface area contributed by atoms with Gasteiger partial charge in [-0.1, -0.05) is 71.4 Å². The van der Waals surface area contributed by atoms with Gasteiger partial charge < -0.3 is 5.32 Å². The fourth-order valence-electron chi connectivity index (χ4n) is 3.21. The summed E-state index contributed by atoms with van der Waals surface area (Å²) in [6.45, 7) is 3.64. The Labute approximate surface area is 192 Å². The molecule has 3 aromatic rings. The van der Waals surface area contributed by atoms with Gasteiger partial charge in [-0.25, -0.2) is 8.42 Å². The van der Waals surface area contributed by atoms with Crippen molar-refractivity contribution in [1.82, 2.24) is 5.32 Å². The fourth-order valence-corrected chi connectivity index (χ4v) is 5.03. The molecule has 3 rings (SSSR count). The van der Waals surface area contributed by atoms with Crippen molar-refractivity contribution in [2.45, 2.75) is 31.2 Å². The molecule has 0 bridgehead atoms. The molecule has 162 valence electrons. The first-order chi connectivity index (χ1) is 14.8. The number of benzene rings is 3. The van der Waals surface area contributed by atoms with Crippen LogP contribution in [0, 0.1) is 0 Å². The Balaban J connectivity index is 1.85. The van der Waals surface area contributed by atoms with Gasteiger partial charge in [0.15, 0.2) is 0 Å². The van der Waals surface area contributed by atoms with Crippen LogP contribution in [0.4, 0.5) is 5.69 Å². The van der Waals surface area contributed by atoms with E-state index in [0.717, 1.165) is 20.8 Å². The normalized spacial score (nSPS) is 12.2. The summed E-state index contributed by atoms with van der Waals surface area (Å²) in [6.07, 6.45) is 0.944. The molecule has 1 amide bonds. The molecule has 0 aliphatic heterocycles. The lowest BCUT2D eigenvalue weighted by Gasteiger charge is -2.25. The summed E-state index contributed by atoms with van der Waals surface area (Å²) in [5.41, 5.74) is 2.59. The largest absolute Gasteiger partial charge is 0.348 e. The number of carbonyl (C=O) groups excluding carboxylic acids is 1. The summed E-state index contributed by atoms with van der Waals surface area (Å²) in [6, 6.07) is 22.8. The minimum atomic E-state index is -3.92. The number of nitrogens with zero attached hydrogens (tertiary/aromatic N) is 1. The van der Waals surface area contributed by atoms with Gasteiger partial charge in [-0.2, -0.15) is 0 Å². The predicted molar refractivity (Wildman–Crippen MR) is 127 cm³/mol. The Kier molecular flexibility index (Phi) is 7.51. The number of nitrogens with one attached hydrogen (secondary N) is 1. The fraction of sp³-hybridized carbons (Fsp3) is 0.208. The van der Waals surface area contributed by atoms with Crippen LogP contribution < -0.4 is 9.62 Å². The number of aryl methyl sites for hydroxylation is 1. The molecular weight excluding hydrogens is 476 g/mol. The second kappa shape index (κ2) is 10.1. The van der Waals surface area contributed by atoms with Gasteiger partial charge in [-0.05, 0) is 54.8 Å². The predicted octanol–water partition coefficient (Wildman–Crippen LogP) is 5.08. The van der Waals surface area contributed by atoms with E-state index in [4.69, 9.17) is 0 Å². The lowest BCUT2D eigenvalue weighted by atomic mass is 10.1. The number of halogens is 1. The number of hydrogen-bond donors (Lipinski definition) is 1. The molecule has 0 saturated heterocycles. The summed E-state index contributed by atoms with van der Waals surface area (Å²) in [7, 11) is -3.92. The van der Waals surface area contributed by atoms with Gasteiger partial charge >= 0.3 is 0 Å². The average Bonchev–Trinajstić information content (AvgIpc) is 2.78. The van der Waals surface area contributed by atoms with Crippen LogP contribution in [0.3, 0.4) is 0 Å². The number of carbonyl (C=O) groups is 1. The summed E-state index contributed by atoms with van der Waals surface area (Å²) in [4.78, 5) is 13.0. The third-order valence-corrected chi connectivity index (χ3v) is 7.26. The number of rotatable bonds is 8. The maximum Gasteiger partial charge on any atom is 0.264 e. The number of hydrogen-bond acceptors (Lipinski definition) is 3. The zero-order chi connectivity index (χ0) is 22.4. The molecular formula is C24H25BrN2O3S. The molecule has 0 aromatic heterocycles. The van der Waals surface area contributed by atoms with Crippen LogP contribution in [0.1, 0.15) is 31.0 Å². The van der Waals surface area contributed by atoms with E-state index >= 15 is 0 Å². The third-order valence-electron chi connectivity index (χ3n) is 4.98. The van der Waals surface area contributed by atoms with E-state index in [0.29, 0.717) is 5.69 Å². The highest BCUT2D eigenvalue weighted by Crippen LogP contribution is 2.26. The van der Waals surface area contributed by atoms with E-state index in [1.54, 1.807) is 42.5 Å². The zero-order valence-corrected chi connectivity index (χ0v) is 19.9. The Morgan fingerprint density at radius 1 is 1.00 bits per heavy atom. The van der Waals surface area contributed by atoms with E-state index < -0.39 is 10.0 Å². The average molecular weight is 501 g/mol. The van der Waals surface area contributed by atoms with Crippen molar-refractivity contribution < 1.29 is 13.2 Å². The third kappa shape index (κ3) is 5.74. The molecule has 31 heavy (non-hydrogen) atoms. The molecule has 3 aromatic carbocycles. The van der Waals surface area contributed by atoms with Gasteiger partial charge in [0, 0.05) is 4.47 Å². The molecule has 1 unspecified atom stereocenters. The summed E-state index contributed by atoms with van der Waals surface area (Å²) < 4.78 is 28.5. The van der Waals surface area contributed by atoms with Crippen molar-refractivity contribution in [3.63, 3.8) is 0 Å². The van der Waals surface area contributed by atoms with Crippen LogP contribution in [0.25, 0.3) is 0 Å². The maximum absolute atomic E-state index is 13.3. The van der Waals surface area contributed by atoms with Crippen LogP contribution in [0.15, 0.2) is 88.2 Å². The monoisotopic (exact) mass is 500 g/mol. The number of sulfonamides is 1. The minimum Gasteiger partial charge on any atom is -0.348 e. The highest BCUT2D eigenvalue weighted by atomic mass is 79.9. The maximum atomic E-state index is 13.3. The summed E-state index contributed by atoms with van der Waals surface area (Å²) in [5.74, 6) is -0.383. The highest BCUT2D eigenvalue weighted by Gasteiger charge is 2.27. The van der Waals surface area contributed by atoms with Gasteiger partial charge in [0.05, 0.1) is 16.6 Å². The molecule has 5 nitrogen and oxygen atoms in total. The smallest absolute Gasteiger partial charge is 0.264 e. The van der Waals surface area contributed by atoms with E-state index in [9.17, 15) is 13.2 Å². The summed E-state index contributed by atoms with van der Waals surface area (Å²) >= 11 is 3.38. The standard InChI is InChI=1S/C24H25BrN2O3S/c1-3-19-12-14-20(15-13-19)18(2)26-24(28)17-27(22-9-7-8-21(25)16-22)31(29,30)23-10-5-4-6-11-23/h4-16,18H,3,17H2,1-2H3,(H,26,28). The first-order valence-corrected chi connectivity index (χ1v) is 12.3. The van der Waals surface area contributed by atoms with Crippen molar-refractivity contribution >= 4 is 37.5 Å². The van der Waals surface area contributed by atoms with Gasteiger partial charge in [0.1, 0.15) is 6.54 Å². The molecule has 0 spiro atoms. The Bertz CT molecular complexity index is 1130. The van der Waals surface area contributed by atoms with Gasteiger partial charge in [0.2, 0.25) is 5.91 Å². The van der Waals surface area contributed by atoms with E-state index in [-0.39, 0.29) is 23.4 Å². The molecule has 0 fully saturated rings. The highest BCUT2D eigenvalue weighted by molar-refractivity contribution is 9.10.